The summed E-state index contributed by atoms with van der Waals surface area (Å²) in [6, 6.07) is -0.250. The van der Waals surface area contributed by atoms with Crippen molar-refractivity contribution in [3.05, 3.63) is 0 Å². The molecule has 0 rings (SSSR count). The Morgan fingerprint density at radius 3 is 1.33 bits per heavy atom. The molecule has 0 atom stereocenters. The van der Waals surface area contributed by atoms with Crippen molar-refractivity contribution < 1.29 is 52.3 Å². The Morgan fingerprint density at radius 1 is 0.963 bits per heavy atom. The van der Waals surface area contributed by atoms with E-state index in [4.69, 9.17) is 13.3 Å². The highest BCUT2D eigenvalue weighted by molar-refractivity contribution is 7.84. The van der Waals surface area contributed by atoms with Gasteiger partial charge in [-0.3, -0.25) is 4.39 Å². The zero-order valence-corrected chi connectivity index (χ0v) is 18.6. The average Bonchev–Trinajstić information content (AvgIpc) is 2.66. The second kappa shape index (κ2) is 23.6. The second-order valence-corrected chi connectivity index (χ2v) is 7.83. The minimum absolute atomic E-state index is 0.250. The molecule has 0 aliphatic rings. The third-order valence-electron chi connectivity index (χ3n) is 2.00. The first-order chi connectivity index (χ1) is 12.4. The van der Waals surface area contributed by atoms with Crippen LogP contribution in [0.25, 0.3) is 0 Å². The van der Waals surface area contributed by atoms with Gasteiger partial charge in [-0.15, -0.1) is 0 Å². The zero-order valence-electron chi connectivity index (χ0n) is 16.7. The van der Waals surface area contributed by atoms with Gasteiger partial charge in [0.15, 0.2) is 6.86 Å². The molecule has 0 unspecified atom stereocenters. The van der Waals surface area contributed by atoms with Crippen molar-refractivity contribution in [1.29, 1.82) is 0 Å². The second-order valence-electron chi connectivity index (χ2n) is 3.45. The highest BCUT2D eigenvalue weighted by Crippen LogP contribution is 2.26. The first-order valence-electron chi connectivity index (χ1n) is 7.15. The third-order valence-corrected chi connectivity index (χ3v) is 5.22. The third kappa shape index (κ3) is 37.1. The van der Waals surface area contributed by atoms with Crippen molar-refractivity contribution in [2.45, 2.75) is 32.5 Å². The molecule has 0 fully saturated rings. The zero-order chi connectivity index (χ0) is 23.2. The van der Waals surface area contributed by atoms with E-state index < -0.39 is 38.7 Å². The summed E-state index contributed by atoms with van der Waals surface area (Å²) in [5, 5.41) is 0. The summed E-state index contributed by atoms with van der Waals surface area (Å²) < 4.78 is 105. The molecular formula is C12H31F6NO6SSi. The van der Waals surface area contributed by atoms with Crippen molar-refractivity contribution in [2.75, 3.05) is 49.5 Å². The quantitative estimate of drug-likeness (QED) is 0.357. The van der Waals surface area contributed by atoms with Crippen molar-refractivity contribution in [2.24, 2.45) is 0 Å². The first kappa shape index (κ1) is 37.3. The van der Waals surface area contributed by atoms with Crippen LogP contribution in [0.2, 0.25) is 6.04 Å². The molecule has 0 saturated heterocycles. The normalized spacial score (nSPS) is 10.6. The molecule has 0 bridgehead atoms. The lowest BCUT2D eigenvalue weighted by Gasteiger charge is -2.24. The van der Waals surface area contributed by atoms with Crippen LogP contribution >= 0.6 is 0 Å². The van der Waals surface area contributed by atoms with E-state index in [0.29, 0.717) is 7.18 Å². The van der Waals surface area contributed by atoms with E-state index in [9.17, 15) is 34.3 Å². The van der Waals surface area contributed by atoms with Gasteiger partial charge < -0.3 is 18.0 Å². The maximum absolute atomic E-state index is 11.9. The maximum Gasteiger partial charge on any atom is 0.500 e. The van der Waals surface area contributed by atoms with Gasteiger partial charge in [0, 0.05) is 48.0 Å². The van der Waals surface area contributed by atoms with Crippen LogP contribution in [-0.4, -0.2) is 72.9 Å². The molecule has 0 radical (unpaired) electrons. The van der Waals surface area contributed by atoms with Crippen LogP contribution in [0.5, 0.6) is 0 Å². The molecule has 0 aliphatic heterocycles. The molecule has 172 valence electrons. The molecule has 0 aromatic carbocycles. The topological polar surface area (TPSA) is 83.1 Å². The molecule has 1 N–H and O–H groups in total. The van der Waals surface area contributed by atoms with Gasteiger partial charge in [0.1, 0.15) is 0 Å². The van der Waals surface area contributed by atoms with E-state index in [1.807, 2.05) is 13.8 Å². The summed E-state index contributed by atoms with van der Waals surface area (Å²) in [5.74, 6) is 0. The summed E-state index contributed by atoms with van der Waals surface area (Å²) in [4.78, 5) is 0. The standard InChI is InChI=1S/C6H13F3O3Si.C2H5FO.C2H6.CH4FNO2S.CH3F/c1-10-13(11-2,12-3)5-4-6(7,8)9;1-4-2-3;1-2;1-3-6(2,4)5;1-2/h4-5H2,1-3H3;2H2,1H3;1-2H3;3H,1H3;1H3. The van der Waals surface area contributed by atoms with Gasteiger partial charge in [0.05, 0.1) is 7.18 Å². The van der Waals surface area contributed by atoms with Crippen molar-refractivity contribution in [3.63, 3.8) is 0 Å². The van der Waals surface area contributed by atoms with Crippen LogP contribution in [0.15, 0.2) is 0 Å². The van der Waals surface area contributed by atoms with Crippen LogP contribution in [-0.2, 0) is 28.4 Å². The van der Waals surface area contributed by atoms with E-state index in [1.54, 1.807) is 0 Å². The number of hydrogen-bond acceptors (Lipinski definition) is 6. The molecule has 0 saturated carbocycles. The summed E-state index contributed by atoms with van der Waals surface area (Å²) in [7, 11) is -0.796. The monoisotopic (exact) mass is 459 g/mol. The van der Waals surface area contributed by atoms with Crippen LogP contribution in [0.3, 0.4) is 0 Å². The maximum atomic E-state index is 11.9. The number of rotatable bonds is 7. The summed E-state index contributed by atoms with van der Waals surface area (Å²) in [5.41, 5.74) is 0. The lowest BCUT2D eigenvalue weighted by molar-refractivity contribution is -0.132. The Bertz CT molecular complexity index is 362. The van der Waals surface area contributed by atoms with E-state index in [0.717, 1.165) is 7.05 Å². The molecule has 15 heteroatoms. The lowest BCUT2D eigenvalue weighted by Crippen LogP contribution is -2.43. The molecule has 7 nitrogen and oxygen atoms in total. The van der Waals surface area contributed by atoms with Gasteiger partial charge in [-0.25, -0.2) is 4.39 Å². The van der Waals surface area contributed by atoms with Crippen LogP contribution in [0.4, 0.5) is 25.8 Å². The summed E-state index contributed by atoms with van der Waals surface area (Å²) >= 11 is 0. The Hall–Kier alpha value is -0.453. The Labute approximate surface area is 159 Å². The highest BCUT2D eigenvalue weighted by atomic mass is 32.3. The van der Waals surface area contributed by atoms with E-state index in [1.165, 1.54) is 33.2 Å². The predicted octanol–water partition coefficient (Wildman–Crippen LogP) is 3.41. The number of methoxy groups -OCH3 is 1. The minimum Gasteiger partial charge on any atom is -0.377 e. The van der Waals surface area contributed by atoms with Crippen molar-refractivity contribution >= 4 is 19.2 Å². The van der Waals surface area contributed by atoms with Crippen LogP contribution in [0.1, 0.15) is 20.3 Å². The molecule has 0 aromatic rings. The smallest absolute Gasteiger partial charge is 0.377 e. The van der Waals surface area contributed by atoms with Crippen molar-refractivity contribution in [3.8, 4) is 0 Å². The van der Waals surface area contributed by atoms with Gasteiger partial charge in [0.2, 0.25) is 0 Å². The fourth-order valence-electron chi connectivity index (χ4n) is 0.851. The number of halogens is 6. The molecule has 0 aliphatic carbocycles. The average molecular weight is 460 g/mol. The Morgan fingerprint density at radius 2 is 1.22 bits per heavy atom. The lowest BCUT2D eigenvalue weighted by atomic mass is 10.5. The van der Waals surface area contributed by atoms with E-state index in [2.05, 4.69) is 4.74 Å². The Kier molecular flexibility index (Phi) is 32.6. The van der Waals surface area contributed by atoms with Crippen molar-refractivity contribution in [1.82, 2.24) is 4.72 Å². The Balaban J connectivity index is -0.0000000957. The molecule has 0 aromatic heterocycles. The van der Waals surface area contributed by atoms with Gasteiger partial charge in [-0.2, -0.15) is 26.3 Å². The highest BCUT2D eigenvalue weighted by Gasteiger charge is 2.42. The molecule has 0 spiro atoms. The van der Waals surface area contributed by atoms with Gasteiger partial charge in [-0.1, -0.05) is 17.7 Å². The largest absolute Gasteiger partial charge is 0.500 e. The number of nitrogens with one attached hydrogen (secondary N) is 1. The number of hydrogen-bond donors (Lipinski definition) is 1. The van der Waals surface area contributed by atoms with E-state index in [-0.39, 0.29) is 6.04 Å². The van der Waals surface area contributed by atoms with Crippen LogP contribution < -0.4 is 4.72 Å². The fraction of sp³-hybridized carbons (Fsp3) is 1.00. The minimum atomic E-state index is -4.41. The molecule has 0 amide bonds. The number of ether oxygens (including phenoxy) is 1. The van der Waals surface area contributed by atoms with Crippen LogP contribution in [0, 0.1) is 0 Å². The number of alkyl halides is 5. The van der Waals surface area contributed by atoms with Gasteiger partial charge >= 0.3 is 25.4 Å². The molecule has 27 heavy (non-hydrogen) atoms. The molecular weight excluding hydrogens is 428 g/mol. The van der Waals surface area contributed by atoms with E-state index >= 15 is 0 Å². The predicted molar refractivity (Wildman–Crippen MR) is 92.7 cm³/mol. The SMILES string of the molecule is CC.CF.CNS(=O)(=O)F.COCF.CO[Si](CCC(F)(F)F)(OC)OC. The fourth-order valence-corrected chi connectivity index (χ4v) is 2.55. The first-order valence-corrected chi connectivity index (χ1v) is 10.5. The van der Waals surface area contributed by atoms with Gasteiger partial charge in [0.25, 0.3) is 0 Å². The summed E-state index contributed by atoms with van der Waals surface area (Å²) in [6.45, 7) is 3.32. The summed E-state index contributed by atoms with van der Waals surface area (Å²) in [6.07, 6.45) is -5.15. The van der Waals surface area contributed by atoms with Gasteiger partial charge in [-0.05, 0) is 0 Å². The molecule has 0 heterocycles.